The summed E-state index contributed by atoms with van der Waals surface area (Å²) in [6.45, 7) is 0. The molecule has 2 heterocycles. The lowest BCUT2D eigenvalue weighted by molar-refractivity contribution is -0.495. The van der Waals surface area contributed by atoms with E-state index in [9.17, 15) is 10.1 Å². The molecule has 5 nitrogen and oxygen atoms in total. The Bertz CT molecular complexity index is 561. The summed E-state index contributed by atoms with van der Waals surface area (Å²) in [5, 5.41) is 11.3. The predicted molar refractivity (Wildman–Crippen MR) is 59.7 cm³/mol. The van der Waals surface area contributed by atoms with Crippen molar-refractivity contribution in [1.29, 1.82) is 0 Å². The van der Waals surface area contributed by atoms with Gasteiger partial charge in [0, 0.05) is 11.1 Å². The van der Waals surface area contributed by atoms with Crippen molar-refractivity contribution >= 4 is 12.2 Å². The standard InChI is InChI=1S/C11H9N3O2/c15-13-7-8-14(16)11(9-13)5-4-10-3-1-2-6-12-10/h1-9H/b5-4+. The summed E-state index contributed by atoms with van der Waals surface area (Å²) in [6, 6.07) is 5.45. The summed E-state index contributed by atoms with van der Waals surface area (Å²) in [5.41, 5.74) is 0.993. The van der Waals surface area contributed by atoms with Crippen LogP contribution in [0.25, 0.3) is 12.2 Å². The maximum atomic E-state index is 11.3. The van der Waals surface area contributed by atoms with Crippen molar-refractivity contribution in [3.63, 3.8) is 0 Å². The highest BCUT2D eigenvalue weighted by molar-refractivity contribution is 5.65. The van der Waals surface area contributed by atoms with Crippen LogP contribution in [0.5, 0.6) is 0 Å². The van der Waals surface area contributed by atoms with Crippen LogP contribution in [0.4, 0.5) is 0 Å². The zero-order valence-electron chi connectivity index (χ0n) is 8.35. The van der Waals surface area contributed by atoms with Gasteiger partial charge in [0.2, 0.25) is 6.20 Å². The zero-order valence-corrected chi connectivity index (χ0v) is 8.35. The number of hydrogen-bond donors (Lipinski definition) is 0. The minimum absolute atomic E-state index is 0.267. The second-order valence-corrected chi connectivity index (χ2v) is 3.13. The number of hydrogen-bond acceptors (Lipinski definition) is 3. The van der Waals surface area contributed by atoms with E-state index in [0.717, 1.165) is 18.1 Å². The third kappa shape index (κ3) is 2.33. The second-order valence-electron chi connectivity index (χ2n) is 3.13. The molecule has 0 spiro atoms. The summed E-state index contributed by atoms with van der Waals surface area (Å²) in [7, 11) is 0. The summed E-state index contributed by atoms with van der Waals surface area (Å²) < 4.78 is 1.19. The van der Waals surface area contributed by atoms with Crippen LogP contribution in [0.3, 0.4) is 0 Å². The van der Waals surface area contributed by atoms with E-state index in [-0.39, 0.29) is 5.69 Å². The van der Waals surface area contributed by atoms with Crippen molar-refractivity contribution in [3.05, 3.63) is 64.5 Å². The number of pyridine rings is 1. The third-order valence-corrected chi connectivity index (χ3v) is 1.98. The molecule has 0 saturated carbocycles. The van der Waals surface area contributed by atoms with Gasteiger partial charge in [0.25, 0.3) is 6.20 Å². The second kappa shape index (κ2) is 4.39. The Kier molecular flexibility index (Phi) is 2.77. The van der Waals surface area contributed by atoms with Crippen LogP contribution in [0.15, 0.2) is 43.0 Å². The topological polar surface area (TPSA) is 63.9 Å². The van der Waals surface area contributed by atoms with Crippen LogP contribution < -0.4 is 4.43 Å². The molecule has 0 saturated heterocycles. The van der Waals surface area contributed by atoms with Crippen molar-refractivity contribution in [2.24, 2.45) is 0 Å². The van der Waals surface area contributed by atoms with Gasteiger partial charge in [-0.2, -0.15) is 0 Å². The fraction of sp³-hybridized carbons (Fsp3) is 0. The van der Waals surface area contributed by atoms with Crippen LogP contribution >= 0.6 is 0 Å². The fourth-order valence-corrected chi connectivity index (χ4v) is 1.20. The predicted octanol–water partition coefficient (Wildman–Crippen LogP) is 1.31. The summed E-state index contributed by atoms with van der Waals surface area (Å²) in [5.74, 6) is 0. The molecule has 0 aliphatic heterocycles. The average molecular weight is 215 g/mol. The Morgan fingerprint density at radius 2 is 2.25 bits per heavy atom. The van der Waals surface area contributed by atoms with Gasteiger partial charge < -0.3 is 9.94 Å². The summed E-state index contributed by atoms with van der Waals surface area (Å²) in [4.78, 5) is 15.0. The van der Waals surface area contributed by atoms with Crippen LogP contribution in [0, 0.1) is 10.1 Å². The molecule has 0 unspecified atom stereocenters. The fourth-order valence-electron chi connectivity index (χ4n) is 1.20. The Hall–Kier alpha value is -2.43. The van der Waals surface area contributed by atoms with E-state index >= 15 is 0 Å². The average Bonchev–Trinajstić information content (AvgIpc) is 2.32. The molecule has 2 rings (SSSR count). The molecule has 0 amide bonds. The van der Waals surface area contributed by atoms with Crippen molar-refractivity contribution in [2.75, 3.05) is 0 Å². The molecule has 0 aliphatic carbocycles. The first-order chi connectivity index (χ1) is 7.75. The lowest BCUT2D eigenvalue weighted by Gasteiger charge is -2.09. The first kappa shape index (κ1) is 10.1. The SMILES string of the molecule is O=[n+]1ccn([O-])c(/C=C/c2ccccn2)c1. The number of nitrogens with zero attached hydrogens (tertiary/aromatic N) is 3. The molecule has 0 aromatic carbocycles. The normalized spacial score (nSPS) is 10.8. The highest BCUT2D eigenvalue weighted by Gasteiger charge is 1.96. The van der Waals surface area contributed by atoms with E-state index in [2.05, 4.69) is 4.98 Å². The minimum atomic E-state index is 0.267. The number of aromatic nitrogens is 3. The van der Waals surface area contributed by atoms with E-state index in [0.29, 0.717) is 9.16 Å². The Morgan fingerprint density at radius 1 is 1.38 bits per heavy atom. The van der Waals surface area contributed by atoms with Gasteiger partial charge in [0.05, 0.1) is 16.3 Å². The Labute approximate surface area is 91.5 Å². The zero-order chi connectivity index (χ0) is 11.4. The van der Waals surface area contributed by atoms with E-state index < -0.39 is 0 Å². The molecule has 0 atom stereocenters. The lowest BCUT2D eigenvalue weighted by atomic mass is 10.3. The van der Waals surface area contributed by atoms with Crippen molar-refractivity contribution in [2.45, 2.75) is 0 Å². The summed E-state index contributed by atoms with van der Waals surface area (Å²) >= 11 is 0. The largest absolute Gasteiger partial charge is 0.805 e. The lowest BCUT2D eigenvalue weighted by Crippen LogP contribution is -2.15. The highest BCUT2D eigenvalue weighted by Crippen LogP contribution is 2.03. The van der Waals surface area contributed by atoms with Gasteiger partial charge in [-0.25, -0.2) is 0 Å². The van der Waals surface area contributed by atoms with Crippen molar-refractivity contribution < 1.29 is 4.43 Å². The van der Waals surface area contributed by atoms with E-state index in [1.165, 1.54) is 6.20 Å². The van der Waals surface area contributed by atoms with Crippen LogP contribution in [0.1, 0.15) is 11.4 Å². The maximum absolute atomic E-state index is 11.3. The first-order valence-electron chi connectivity index (χ1n) is 4.67. The summed E-state index contributed by atoms with van der Waals surface area (Å²) in [6.07, 6.45) is 8.37. The van der Waals surface area contributed by atoms with Gasteiger partial charge in [-0.15, -0.1) is 0 Å². The van der Waals surface area contributed by atoms with Crippen LogP contribution in [-0.4, -0.2) is 9.71 Å². The third-order valence-electron chi connectivity index (χ3n) is 1.98. The first-order valence-corrected chi connectivity index (χ1v) is 4.67. The molecule has 80 valence electrons. The molecule has 0 aliphatic rings. The highest BCUT2D eigenvalue weighted by atomic mass is 16.5. The van der Waals surface area contributed by atoms with Gasteiger partial charge in [-0.05, 0) is 24.3 Å². The van der Waals surface area contributed by atoms with E-state index in [4.69, 9.17) is 0 Å². The van der Waals surface area contributed by atoms with Crippen LogP contribution in [-0.2, 0) is 0 Å². The van der Waals surface area contributed by atoms with Crippen LogP contribution in [0.2, 0.25) is 0 Å². The van der Waals surface area contributed by atoms with Crippen molar-refractivity contribution in [1.82, 2.24) is 9.71 Å². The van der Waals surface area contributed by atoms with Gasteiger partial charge in [0.15, 0.2) is 0 Å². The minimum Gasteiger partial charge on any atom is -0.805 e. The quantitative estimate of drug-likeness (QED) is 0.709. The molecular formula is C11H9N3O2. The molecule has 2 aromatic rings. The molecule has 0 N–H and O–H groups in total. The maximum Gasteiger partial charge on any atom is 0.251 e. The van der Waals surface area contributed by atoms with Gasteiger partial charge in [-0.3, -0.25) is 4.98 Å². The van der Waals surface area contributed by atoms with Gasteiger partial charge in [-0.1, -0.05) is 6.07 Å². The Balaban J connectivity index is 2.31. The van der Waals surface area contributed by atoms with Crippen molar-refractivity contribution in [3.8, 4) is 0 Å². The molecule has 16 heavy (non-hydrogen) atoms. The molecule has 0 bridgehead atoms. The number of rotatable bonds is 2. The van der Waals surface area contributed by atoms with Gasteiger partial charge >= 0.3 is 0 Å². The Morgan fingerprint density at radius 3 is 3.00 bits per heavy atom. The van der Waals surface area contributed by atoms with E-state index in [1.807, 2.05) is 6.07 Å². The molecule has 5 heteroatoms. The van der Waals surface area contributed by atoms with E-state index in [1.54, 1.807) is 30.5 Å². The monoisotopic (exact) mass is 215 g/mol. The molecule has 0 radical (unpaired) electrons. The molecular weight excluding hydrogens is 206 g/mol. The molecule has 2 aromatic heterocycles. The molecule has 0 fully saturated rings. The van der Waals surface area contributed by atoms with Gasteiger partial charge in [0.1, 0.15) is 5.69 Å². The smallest absolute Gasteiger partial charge is 0.251 e.